The van der Waals surface area contributed by atoms with Gasteiger partial charge in [0.05, 0.1) is 6.61 Å². The fourth-order valence-electron chi connectivity index (χ4n) is 1.34. The van der Waals surface area contributed by atoms with Gasteiger partial charge in [0.25, 0.3) is 0 Å². The molecule has 0 unspecified atom stereocenters. The van der Waals surface area contributed by atoms with Crippen LogP contribution >= 0.6 is 0 Å². The number of halogens is 3. The molecule has 7 heteroatoms. The maximum atomic E-state index is 12.1. The number of rotatable bonds is 6. The second kappa shape index (κ2) is 6.88. The molecule has 0 bridgehead atoms. The minimum atomic E-state index is -4.69. The number of hydrogen-bond acceptors (Lipinski definition) is 2. The van der Waals surface area contributed by atoms with Crippen molar-refractivity contribution in [3.63, 3.8) is 0 Å². The molecule has 0 N–H and O–H groups in total. The third-order valence-corrected chi connectivity index (χ3v) is 2.09. The van der Waals surface area contributed by atoms with Crippen LogP contribution in [0.25, 0.3) is 0 Å². The summed E-state index contributed by atoms with van der Waals surface area (Å²) in [5, 5.41) is 0. The van der Waals surface area contributed by atoms with Gasteiger partial charge in [0.15, 0.2) is 0 Å². The second-order valence-corrected chi connectivity index (χ2v) is 3.43. The van der Waals surface area contributed by atoms with Crippen LogP contribution in [0.4, 0.5) is 12.9 Å². The van der Waals surface area contributed by atoms with Gasteiger partial charge in [-0.1, -0.05) is 0 Å². The van der Waals surface area contributed by atoms with Gasteiger partial charge in [-0.05, 0) is 19.3 Å². The second-order valence-electron chi connectivity index (χ2n) is 3.43. The van der Waals surface area contributed by atoms with Crippen LogP contribution < -0.4 is 51.4 Å². The van der Waals surface area contributed by atoms with E-state index in [0.717, 1.165) is 12.8 Å². The van der Waals surface area contributed by atoms with Crippen LogP contribution in [0.15, 0.2) is 0 Å². The molecule has 0 aliphatic heterocycles. The zero-order valence-electron chi connectivity index (χ0n) is 8.68. The van der Waals surface area contributed by atoms with E-state index >= 15 is 0 Å². The van der Waals surface area contributed by atoms with Crippen molar-refractivity contribution in [2.45, 2.75) is 18.9 Å². The van der Waals surface area contributed by atoms with Crippen molar-refractivity contribution in [2.24, 2.45) is 0 Å². The van der Waals surface area contributed by atoms with Crippen molar-refractivity contribution in [2.75, 3.05) is 26.7 Å². The molecule has 1 fully saturated rings. The fourth-order valence-corrected chi connectivity index (χ4v) is 1.34. The van der Waals surface area contributed by atoms with E-state index in [9.17, 15) is 12.9 Å². The first-order valence-electron chi connectivity index (χ1n) is 4.47. The Morgan fingerprint density at radius 2 is 1.93 bits per heavy atom. The van der Waals surface area contributed by atoms with E-state index < -0.39 is 13.4 Å². The average Bonchev–Trinajstić information content (AvgIpc) is 2.77. The van der Waals surface area contributed by atoms with E-state index in [0.29, 0.717) is 13.2 Å². The third-order valence-electron chi connectivity index (χ3n) is 2.09. The summed E-state index contributed by atoms with van der Waals surface area (Å²) in [5.41, 5.74) is 0. The summed E-state index contributed by atoms with van der Waals surface area (Å²) in [6.07, 6.45) is 1.06. The van der Waals surface area contributed by atoms with Gasteiger partial charge >= 0.3 is 58.4 Å². The molecule has 0 amide bonds. The smallest absolute Gasteiger partial charge is 0.448 e. The first-order chi connectivity index (χ1) is 6.03. The topological polar surface area (TPSA) is 12.5 Å². The van der Waals surface area contributed by atoms with Crippen LogP contribution in [0.2, 0.25) is 0 Å². The number of methoxy groups -OCH3 is 1. The molecule has 0 saturated heterocycles. The normalized spacial score (nSPS) is 16.9. The van der Waals surface area contributed by atoms with Crippen LogP contribution in [-0.2, 0) is 4.74 Å². The molecule has 1 saturated carbocycles. The molecule has 2 nitrogen and oxygen atoms in total. The van der Waals surface area contributed by atoms with Gasteiger partial charge in [-0.3, -0.25) is 0 Å². The first-order valence-corrected chi connectivity index (χ1v) is 4.47. The van der Waals surface area contributed by atoms with E-state index in [1.54, 1.807) is 0 Å². The monoisotopic (exact) mass is 235 g/mol. The van der Waals surface area contributed by atoms with Crippen molar-refractivity contribution in [3.8, 4) is 0 Å². The van der Waals surface area contributed by atoms with Gasteiger partial charge in [-0.15, -0.1) is 0 Å². The Kier molecular flexibility index (Phi) is 7.57. The molecule has 0 aromatic rings. The van der Waals surface area contributed by atoms with Gasteiger partial charge in [0, 0.05) is 19.7 Å². The Morgan fingerprint density at radius 3 is 2.29 bits per heavy atom. The van der Waals surface area contributed by atoms with Crippen LogP contribution in [0.3, 0.4) is 0 Å². The molecule has 0 heterocycles. The molecule has 1 aliphatic carbocycles. The molecule has 1 rings (SSSR count). The third kappa shape index (κ3) is 6.81. The quantitative estimate of drug-likeness (QED) is 0.519. The minimum absolute atomic E-state index is 0. The summed E-state index contributed by atoms with van der Waals surface area (Å²) in [6.45, 7) is -3.92. The van der Waals surface area contributed by atoms with Gasteiger partial charge in [-0.2, -0.15) is 0 Å². The van der Waals surface area contributed by atoms with Crippen molar-refractivity contribution >= 4 is 6.98 Å². The Hall–Kier alpha value is 1.41. The zero-order valence-corrected chi connectivity index (χ0v) is 11.8. The van der Waals surface area contributed by atoms with Gasteiger partial charge in [0.2, 0.25) is 0 Å². The van der Waals surface area contributed by atoms with Crippen LogP contribution in [0, 0.1) is 0 Å². The number of nitrogens with zero attached hydrogens (tertiary/aromatic N) is 1. The Morgan fingerprint density at radius 1 is 1.36 bits per heavy atom. The molecule has 0 aromatic heterocycles. The maximum absolute atomic E-state index is 12.1. The SMILES string of the molecule is COCCN(C[B-](F)(F)F)C1CC1.[K+]. The summed E-state index contributed by atoms with van der Waals surface area (Å²) in [5.74, 6) is 0. The first kappa shape index (κ1) is 15.4. The van der Waals surface area contributed by atoms with Crippen molar-refractivity contribution in [1.82, 2.24) is 4.90 Å². The summed E-state index contributed by atoms with van der Waals surface area (Å²) < 4.78 is 41.1. The van der Waals surface area contributed by atoms with Crippen LogP contribution in [0.1, 0.15) is 12.8 Å². The predicted molar refractivity (Wildman–Crippen MR) is 45.5 cm³/mol. The summed E-state index contributed by atoms with van der Waals surface area (Å²) >= 11 is 0. The molecule has 14 heavy (non-hydrogen) atoms. The molecule has 78 valence electrons. The van der Waals surface area contributed by atoms with E-state index in [4.69, 9.17) is 4.74 Å². The average molecular weight is 235 g/mol. The van der Waals surface area contributed by atoms with E-state index in [-0.39, 0.29) is 57.4 Å². The number of hydrogen-bond donors (Lipinski definition) is 0. The minimum Gasteiger partial charge on any atom is -0.448 e. The summed E-state index contributed by atoms with van der Waals surface area (Å²) in [6, 6.07) is 0.152. The Labute approximate surface area is 125 Å². The summed E-state index contributed by atoms with van der Waals surface area (Å²) in [7, 11) is 1.50. The van der Waals surface area contributed by atoms with E-state index in [1.807, 2.05) is 0 Å². The molecule has 0 spiro atoms. The zero-order chi connectivity index (χ0) is 9.90. The number of ether oxygens (including phenoxy) is 1. The van der Waals surface area contributed by atoms with E-state index in [1.165, 1.54) is 12.0 Å². The largest absolute Gasteiger partial charge is 1.00 e. The Balaban J connectivity index is 0.00000169. The molecule has 1 aliphatic rings. The molecular weight excluding hydrogens is 221 g/mol. The maximum Gasteiger partial charge on any atom is 1.00 e. The molecule has 0 aromatic carbocycles. The van der Waals surface area contributed by atoms with E-state index in [2.05, 4.69) is 0 Å². The van der Waals surface area contributed by atoms with Gasteiger partial charge in [0.1, 0.15) is 0 Å². The molecule has 0 radical (unpaired) electrons. The van der Waals surface area contributed by atoms with Crippen molar-refractivity contribution in [1.29, 1.82) is 0 Å². The van der Waals surface area contributed by atoms with Gasteiger partial charge < -0.3 is 22.6 Å². The van der Waals surface area contributed by atoms with Crippen molar-refractivity contribution in [3.05, 3.63) is 0 Å². The Bertz CT molecular complexity index is 166. The fraction of sp³-hybridized carbons (Fsp3) is 1.00. The summed E-state index contributed by atoms with van der Waals surface area (Å²) in [4.78, 5) is 1.48. The van der Waals surface area contributed by atoms with Crippen LogP contribution in [-0.4, -0.2) is 44.6 Å². The molecule has 0 atom stereocenters. The predicted octanol–water partition coefficient (Wildman–Crippen LogP) is -1.51. The van der Waals surface area contributed by atoms with Crippen molar-refractivity contribution < 1.29 is 69.1 Å². The standard InChI is InChI=1S/C7H14BF3NO.K/c1-13-5-4-12(7-2-3-7)6-8(9,10)11;/h7H,2-6H2,1H3;/q-1;+1. The van der Waals surface area contributed by atoms with Crippen LogP contribution in [0.5, 0.6) is 0 Å². The molecular formula is C7H14BF3KNO. The van der Waals surface area contributed by atoms with Gasteiger partial charge in [-0.25, -0.2) is 0 Å².